The number of aromatic amines is 1. The Bertz CT molecular complexity index is 704. The first-order valence-corrected chi connectivity index (χ1v) is 8.94. The van der Waals surface area contributed by atoms with Gasteiger partial charge in [-0.05, 0) is 18.4 Å². The van der Waals surface area contributed by atoms with Crippen LogP contribution >= 0.6 is 0 Å². The van der Waals surface area contributed by atoms with Crippen molar-refractivity contribution in [3.63, 3.8) is 0 Å². The van der Waals surface area contributed by atoms with Crippen LogP contribution in [0, 0.1) is 0 Å². The summed E-state index contributed by atoms with van der Waals surface area (Å²) in [6.45, 7) is 6.16. The number of hydrogen-bond acceptors (Lipinski definition) is 4. The topological polar surface area (TPSA) is 64.3 Å². The molecule has 2 N–H and O–H groups in total. The standard InChI is InChI=1S/C18H25N5O/c24-17-5-4-16(6-7-19-17)23-10-8-22(9-11-23)13-15-3-1-2-14-12-20-21-18(14)15/h1-3,12,16H,4-11,13H2,(H,19,24)(H,20,21). The molecule has 4 rings (SSSR count). The van der Waals surface area contributed by atoms with Gasteiger partial charge in [0.25, 0.3) is 0 Å². The summed E-state index contributed by atoms with van der Waals surface area (Å²) < 4.78 is 0. The minimum Gasteiger partial charge on any atom is -0.356 e. The number of aromatic nitrogens is 2. The molecular weight excluding hydrogens is 302 g/mol. The molecule has 2 aliphatic rings. The maximum atomic E-state index is 11.5. The van der Waals surface area contributed by atoms with Gasteiger partial charge in [-0.25, -0.2) is 0 Å². The number of nitrogens with zero attached hydrogens (tertiary/aromatic N) is 3. The van der Waals surface area contributed by atoms with Gasteiger partial charge in [-0.15, -0.1) is 0 Å². The van der Waals surface area contributed by atoms with Crippen molar-refractivity contribution in [2.24, 2.45) is 0 Å². The van der Waals surface area contributed by atoms with Crippen molar-refractivity contribution < 1.29 is 4.79 Å². The zero-order chi connectivity index (χ0) is 16.4. The van der Waals surface area contributed by atoms with Crippen molar-refractivity contribution in [1.29, 1.82) is 0 Å². The van der Waals surface area contributed by atoms with E-state index < -0.39 is 0 Å². The van der Waals surface area contributed by atoms with Gasteiger partial charge >= 0.3 is 0 Å². The fourth-order valence-electron chi connectivity index (χ4n) is 3.96. The van der Waals surface area contributed by atoms with Crippen molar-refractivity contribution in [3.05, 3.63) is 30.0 Å². The zero-order valence-corrected chi connectivity index (χ0v) is 14.0. The fourth-order valence-corrected chi connectivity index (χ4v) is 3.96. The van der Waals surface area contributed by atoms with Gasteiger partial charge in [-0.3, -0.25) is 19.7 Å². The molecule has 1 aromatic carbocycles. The summed E-state index contributed by atoms with van der Waals surface area (Å²) in [5.74, 6) is 0.212. The summed E-state index contributed by atoms with van der Waals surface area (Å²) in [5.41, 5.74) is 2.48. The number of benzene rings is 1. The number of carbonyl (C=O) groups is 1. The summed E-state index contributed by atoms with van der Waals surface area (Å²) in [4.78, 5) is 16.6. The Labute approximate surface area is 142 Å². The van der Waals surface area contributed by atoms with Crippen LogP contribution in [0.2, 0.25) is 0 Å². The van der Waals surface area contributed by atoms with E-state index in [0.29, 0.717) is 12.5 Å². The summed E-state index contributed by atoms with van der Waals surface area (Å²) in [5, 5.41) is 11.4. The van der Waals surface area contributed by atoms with Crippen molar-refractivity contribution in [1.82, 2.24) is 25.3 Å². The summed E-state index contributed by atoms with van der Waals surface area (Å²) >= 11 is 0. The van der Waals surface area contributed by atoms with E-state index in [4.69, 9.17) is 0 Å². The van der Waals surface area contributed by atoms with Crippen molar-refractivity contribution in [3.8, 4) is 0 Å². The van der Waals surface area contributed by atoms with Crippen molar-refractivity contribution >= 4 is 16.8 Å². The molecule has 0 saturated carbocycles. The Morgan fingerprint density at radius 3 is 2.92 bits per heavy atom. The average molecular weight is 327 g/mol. The van der Waals surface area contributed by atoms with E-state index in [2.05, 4.69) is 43.5 Å². The SMILES string of the molecule is O=C1CCC(N2CCN(Cc3cccc4cn[nH]c34)CC2)CCN1. The Kier molecular flexibility index (Phi) is 4.49. The number of piperazine rings is 1. The molecule has 2 aliphatic heterocycles. The van der Waals surface area contributed by atoms with Gasteiger partial charge in [0.05, 0.1) is 11.7 Å². The molecule has 128 valence electrons. The summed E-state index contributed by atoms with van der Waals surface area (Å²) in [6, 6.07) is 6.96. The lowest BCUT2D eigenvalue weighted by Crippen LogP contribution is -2.50. The van der Waals surface area contributed by atoms with E-state index in [-0.39, 0.29) is 5.91 Å². The van der Waals surface area contributed by atoms with Gasteiger partial charge in [-0.2, -0.15) is 5.10 Å². The third-order valence-corrected chi connectivity index (χ3v) is 5.38. The molecular formula is C18H25N5O. The Morgan fingerprint density at radius 2 is 2.04 bits per heavy atom. The predicted molar refractivity (Wildman–Crippen MR) is 93.6 cm³/mol. The molecule has 0 radical (unpaired) electrons. The van der Waals surface area contributed by atoms with Gasteiger partial charge in [0.15, 0.2) is 0 Å². The van der Waals surface area contributed by atoms with E-state index in [0.717, 1.165) is 57.6 Å². The normalized spacial score (nSPS) is 24.0. The van der Waals surface area contributed by atoms with Crippen LogP contribution in [0.1, 0.15) is 24.8 Å². The molecule has 0 spiro atoms. The first-order chi connectivity index (χ1) is 11.8. The lowest BCUT2D eigenvalue weighted by atomic mass is 10.1. The number of fused-ring (bicyclic) bond motifs is 1. The van der Waals surface area contributed by atoms with Crippen LogP contribution in [0.5, 0.6) is 0 Å². The van der Waals surface area contributed by atoms with Crippen LogP contribution in [-0.2, 0) is 11.3 Å². The highest BCUT2D eigenvalue weighted by molar-refractivity contribution is 5.81. The second kappa shape index (κ2) is 6.91. The number of para-hydroxylation sites is 1. The molecule has 2 saturated heterocycles. The van der Waals surface area contributed by atoms with Crippen LogP contribution < -0.4 is 5.32 Å². The number of nitrogens with one attached hydrogen (secondary N) is 2. The van der Waals surface area contributed by atoms with Crippen molar-refractivity contribution in [2.45, 2.75) is 31.8 Å². The van der Waals surface area contributed by atoms with Crippen LogP contribution in [-0.4, -0.2) is 64.7 Å². The van der Waals surface area contributed by atoms with E-state index in [9.17, 15) is 4.79 Å². The van der Waals surface area contributed by atoms with Gasteiger partial charge in [0, 0.05) is 57.1 Å². The Balaban J connectivity index is 1.34. The lowest BCUT2D eigenvalue weighted by Gasteiger charge is -2.39. The third-order valence-electron chi connectivity index (χ3n) is 5.38. The maximum Gasteiger partial charge on any atom is 0.220 e. The van der Waals surface area contributed by atoms with E-state index >= 15 is 0 Å². The smallest absolute Gasteiger partial charge is 0.220 e. The molecule has 2 fully saturated rings. The fraction of sp³-hybridized carbons (Fsp3) is 0.556. The number of carbonyl (C=O) groups excluding carboxylic acids is 1. The average Bonchev–Trinajstić information content (AvgIpc) is 2.98. The minimum atomic E-state index is 0.212. The Morgan fingerprint density at radius 1 is 1.17 bits per heavy atom. The molecule has 6 nitrogen and oxygen atoms in total. The van der Waals surface area contributed by atoms with Crippen LogP contribution in [0.25, 0.3) is 10.9 Å². The monoisotopic (exact) mass is 327 g/mol. The molecule has 1 aromatic heterocycles. The molecule has 1 amide bonds. The van der Waals surface area contributed by atoms with E-state index in [1.165, 1.54) is 10.9 Å². The third kappa shape index (κ3) is 3.30. The molecule has 2 aromatic rings. The predicted octanol–water partition coefficient (Wildman–Crippen LogP) is 1.35. The molecule has 24 heavy (non-hydrogen) atoms. The highest BCUT2D eigenvalue weighted by atomic mass is 16.1. The lowest BCUT2D eigenvalue weighted by molar-refractivity contribution is -0.120. The van der Waals surface area contributed by atoms with Gasteiger partial charge < -0.3 is 5.32 Å². The maximum absolute atomic E-state index is 11.5. The summed E-state index contributed by atoms with van der Waals surface area (Å²) in [6.07, 6.45) is 4.64. The molecule has 1 atom stereocenters. The first-order valence-electron chi connectivity index (χ1n) is 8.94. The Hall–Kier alpha value is -1.92. The van der Waals surface area contributed by atoms with Gasteiger partial charge in [0.1, 0.15) is 0 Å². The minimum absolute atomic E-state index is 0.212. The second-order valence-corrected chi connectivity index (χ2v) is 6.89. The van der Waals surface area contributed by atoms with Gasteiger partial charge in [-0.1, -0.05) is 18.2 Å². The summed E-state index contributed by atoms with van der Waals surface area (Å²) in [7, 11) is 0. The van der Waals surface area contributed by atoms with E-state index in [1.807, 2.05) is 6.20 Å². The number of rotatable bonds is 3. The van der Waals surface area contributed by atoms with Gasteiger partial charge in [0.2, 0.25) is 5.91 Å². The van der Waals surface area contributed by atoms with Crippen LogP contribution in [0.15, 0.2) is 24.4 Å². The largest absolute Gasteiger partial charge is 0.356 e. The molecule has 0 bridgehead atoms. The molecule has 0 aliphatic carbocycles. The van der Waals surface area contributed by atoms with Crippen molar-refractivity contribution in [2.75, 3.05) is 32.7 Å². The first kappa shape index (κ1) is 15.6. The van der Waals surface area contributed by atoms with E-state index in [1.54, 1.807) is 0 Å². The second-order valence-electron chi connectivity index (χ2n) is 6.89. The zero-order valence-electron chi connectivity index (χ0n) is 14.0. The molecule has 3 heterocycles. The highest BCUT2D eigenvalue weighted by Gasteiger charge is 2.26. The van der Waals surface area contributed by atoms with Crippen LogP contribution in [0.4, 0.5) is 0 Å². The number of amides is 1. The quantitative estimate of drug-likeness (QED) is 0.893. The molecule has 1 unspecified atom stereocenters. The highest BCUT2D eigenvalue weighted by Crippen LogP contribution is 2.20. The number of H-pyrrole nitrogens is 1. The molecule has 6 heteroatoms. The van der Waals surface area contributed by atoms with Crippen LogP contribution in [0.3, 0.4) is 0 Å². The number of hydrogen-bond donors (Lipinski definition) is 2.